The molecular formula is C15H28N2O3. The molecule has 5 nitrogen and oxygen atoms in total. The van der Waals surface area contributed by atoms with Crippen molar-refractivity contribution in [3.8, 4) is 0 Å². The summed E-state index contributed by atoms with van der Waals surface area (Å²) in [5.41, 5.74) is 0. The summed E-state index contributed by atoms with van der Waals surface area (Å²) >= 11 is 0. The van der Waals surface area contributed by atoms with Gasteiger partial charge in [0.25, 0.3) is 0 Å². The first-order chi connectivity index (χ1) is 9.61. The van der Waals surface area contributed by atoms with Crippen LogP contribution < -0.4 is 10.6 Å². The summed E-state index contributed by atoms with van der Waals surface area (Å²) in [6.45, 7) is 5.17. The molecule has 0 bridgehead atoms. The van der Waals surface area contributed by atoms with Gasteiger partial charge in [0.2, 0.25) is 0 Å². The van der Waals surface area contributed by atoms with Gasteiger partial charge in [-0.1, -0.05) is 20.3 Å². The number of fused-ring (bicyclic) bond motifs is 1. The van der Waals surface area contributed by atoms with Crippen molar-refractivity contribution >= 4 is 6.03 Å². The van der Waals surface area contributed by atoms with Crippen molar-refractivity contribution in [1.29, 1.82) is 0 Å². The lowest BCUT2D eigenvalue weighted by molar-refractivity contribution is 0.0546. The van der Waals surface area contributed by atoms with E-state index in [1.54, 1.807) is 0 Å². The number of urea groups is 1. The second kappa shape index (κ2) is 7.27. The highest BCUT2D eigenvalue weighted by Gasteiger charge is 2.38. The van der Waals surface area contributed by atoms with Gasteiger partial charge in [-0.3, -0.25) is 0 Å². The Morgan fingerprint density at radius 3 is 2.95 bits per heavy atom. The maximum Gasteiger partial charge on any atom is 0.315 e. The Morgan fingerprint density at radius 1 is 1.40 bits per heavy atom. The summed E-state index contributed by atoms with van der Waals surface area (Å²) in [6, 6.07) is 0.0573. The minimum Gasteiger partial charge on any atom is -0.391 e. The van der Waals surface area contributed by atoms with Crippen LogP contribution in [0, 0.1) is 11.8 Å². The topological polar surface area (TPSA) is 70.6 Å². The van der Waals surface area contributed by atoms with E-state index in [9.17, 15) is 9.90 Å². The second-order valence-electron chi connectivity index (χ2n) is 6.21. The molecule has 20 heavy (non-hydrogen) atoms. The highest BCUT2D eigenvalue weighted by atomic mass is 16.5. The molecule has 1 aliphatic heterocycles. The quantitative estimate of drug-likeness (QED) is 0.719. The largest absolute Gasteiger partial charge is 0.391 e. The van der Waals surface area contributed by atoms with Crippen LogP contribution in [0.25, 0.3) is 0 Å². The zero-order valence-corrected chi connectivity index (χ0v) is 12.6. The molecule has 0 aromatic heterocycles. The van der Waals surface area contributed by atoms with Gasteiger partial charge in [0.15, 0.2) is 0 Å². The van der Waals surface area contributed by atoms with E-state index in [4.69, 9.17) is 4.74 Å². The van der Waals surface area contributed by atoms with E-state index in [0.29, 0.717) is 18.6 Å². The maximum absolute atomic E-state index is 11.9. The number of hydrogen-bond acceptors (Lipinski definition) is 3. The van der Waals surface area contributed by atoms with Crippen LogP contribution in [-0.4, -0.2) is 42.5 Å². The Hall–Kier alpha value is -0.810. The summed E-state index contributed by atoms with van der Waals surface area (Å²) in [6.07, 6.45) is 5.09. The van der Waals surface area contributed by atoms with Gasteiger partial charge in [-0.25, -0.2) is 4.79 Å². The average Bonchev–Trinajstić information content (AvgIpc) is 2.93. The van der Waals surface area contributed by atoms with E-state index < -0.39 is 6.10 Å². The summed E-state index contributed by atoms with van der Waals surface area (Å²) in [5, 5.41) is 15.7. The van der Waals surface area contributed by atoms with E-state index in [1.165, 1.54) is 0 Å². The minimum atomic E-state index is -0.473. The standard InChI is InChI=1S/C15H28N2O3/c1-3-10(2)13(18)9-16-15(19)17-12-5-4-6-14-11(12)7-8-20-14/h10-14,18H,3-9H2,1-2H3,(H2,16,17,19). The summed E-state index contributed by atoms with van der Waals surface area (Å²) in [5.74, 6) is 0.673. The summed E-state index contributed by atoms with van der Waals surface area (Å²) in [7, 11) is 0. The van der Waals surface area contributed by atoms with E-state index in [0.717, 1.165) is 38.7 Å². The predicted octanol–water partition coefficient (Wildman–Crippen LogP) is 1.65. The molecule has 5 unspecified atom stereocenters. The number of rotatable bonds is 5. The van der Waals surface area contributed by atoms with Crippen molar-refractivity contribution in [2.45, 2.75) is 64.2 Å². The smallest absolute Gasteiger partial charge is 0.315 e. The second-order valence-corrected chi connectivity index (χ2v) is 6.21. The van der Waals surface area contributed by atoms with Gasteiger partial charge in [-0.2, -0.15) is 0 Å². The fourth-order valence-electron chi connectivity index (χ4n) is 3.24. The zero-order valence-electron chi connectivity index (χ0n) is 12.6. The van der Waals surface area contributed by atoms with Gasteiger partial charge in [0.1, 0.15) is 0 Å². The summed E-state index contributed by atoms with van der Waals surface area (Å²) in [4.78, 5) is 11.9. The number of nitrogens with one attached hydrogen (secondary N) is 2. The number of aliphatic hydroxyl groups excluding tert-OH is 1. The third-order valence-corrected chi connectivity index (χ3v) is 4.87. The third-order valence-electron chi connectivity index (χ3n) is 4.87. The van der Waals surface area contributed by atoms with Gasteiger partial charge in [-0.15, -0.1) is 0 Å². The highest BCUT2D eigenvalue weighted by Crippen LogP contribution is 2.34. The highest BCUT2D eigenvalue weighted by molar-refractivity contribution is 5.74. The van der Waals surface area contributed by atoms with E-state index >= 15 is 0 Å². The third kappa shape index (κ3) is 3.85. The van der Waals surface area contributed by atoms with Crippen LogP contribution >= 0.6 is 0 Å². The molecule has 2 amide bonds. The Morgan fingerprint density at radius 2 is 2.20 bits per heavy atom. The molecular weight excluding hydrogens is 256 g/mol. The number of aliphatic hydroxyl groups is 1. The lowest BCUT2D eigenvalue weighted by atomic mass is 9.82. The zero-order chi connectivity index (χ0) is 14.5. The fraction of sp³-hybridized carbons (Fsp3) is 0.933. The van der Waals surface area contributed by atoms with Crippen LogP contribution in [0.15, 0.2) is 0 Å². The molecule has 5 heteroatoms. The first kappa shape index (κ1) is 15.6. The number of amides is 2. The Labute approximate surface area is 121 Å². The van der Waals surface area contributed by atoms with E-state index in [1.807, 2.05) is 13.8 Å². The molecule has 0 aromatic carbocycles. The molecule has 0 spiro atoms. The monoisotopic (exact) mass is 284 g/mol. The molecule has 2 aliphatic rings. The van der Waals surface area contributed by atoms with E-state index in [2.05, 4.69) is 10.6 Å². The lowest BCUT2D eigenvalue weighted by Gasteiger charge is -2.33. The molecule has 116 valence electrons. The van der Waals surface area contributed by atoms with Crippen LogP contribution in [0.2, 0.25) is 0 Å². The molecule has 5 atom stereocenters. The molecule has 3 N–H and O–H groups in total. The van der Waals surface area contributed by atoms with Crippen LogP contribution in [-0.2, 0) is 4.74 Å². The first-order valence-corrected chi connectivity index (χ1v) is 7.95. The molecule has 2 fully saturated rings. The van der Waals surface area contributed by atoms with Crippen molar-refractivity contribution in [3.63, 3.8) is 0 Å². The van der Waals surface area contributed by atoms with E-state index in [-0.39, 0.29) is 18.0 Å². The fourth-order valence-corrected chi connectivity index (χ4v) is 3.24. The Bertz CT molecular complexity index is 324. The van der Waals surface area contributed by atoms with Gasteiger partial charge in [0, 0.05) is 25.1 Å². The molecule has 2 rings (SSSR count). The van der Waals surface area contributed by atoms with Crippen LogP contribution in [0.1, 0.15) is 46.0 Å². The number of carbonyl (C=O) groups excluding carboxylic acids is 1. The molecule has 1 saturated carbocycles. The number of ether oxygens (including phenoxy) is 1. The normalized spacial score (nSPS) is 32.2. The SMILES string of the molecule is CCC(C)C(O)CNC(=O)NC1CCCC2OCCC12. The van der Waals surface area contributed by atoms with Crippen molar-refractivity contribution in [3.05, 3.63) is 0 Å². The number of carbonyl (C=O) groups is 1. The first-order valence-electron chi connectivity index (χ1n) is 7.95. The van der Waals surface area contributed by atoms with Crippen LogP contribution in [0.3, 0.4) is 0 Å². The lowest BCUT2D eigenvalue weighted by Crippen LogP contribution is -2.50. The van der Waals surface area contributed by atoms with Crippen molar-refractivity contribution in [1.82, 2.24) is 10.6 Å². The molecule has 1 aliphatic carbocycles. The van der Waals surface area contributed by atoms with Gasteiger partial charge in [0.05, 0.1) is 12.2 Å². The van der Waals surface area contributed by atoms with Gasteiger partial charge in [-0.05, 0) is 31.6 Å². The Balaban J connectivity index is 1.73. The maximum atomic E-state index is 11.9. The molecule has 0 aromatic rings. The minimum absolute atomic E-state index is 0.162. The van der Waals surface area contributed by atoms with Gasteiger partial charge < -0.3 is 20.5 Å². The Kier molecular flexibility index (Phi) is 5.66. The van der Waals surface area contributed by atoms with Crippen molar-refractivity contribution in [2.75, 3.05) is 13.2 Å². The predicted molar refractivity (Wildman–Crippen MR) is 77.5 cm³/mol. The van der Waals surface area contributed by atoms with Crippen molar-refractivity contribution < 1.29 is 14.6 Å². The van der Waals surface area contributed by atoms with Crippen LogP contribution in [0.5, 0.6) is 0 Å². The van der Waals surface area contributed by atoms with Crippen LogP contribution in [0.4, 0.5) is 4.79 Å². The molecule has 1 heterocycles. The number of hydrogen-bond donors (Lipinski definition) is 3. The van der Waals surface area contributed by atoms with Crippen molar-refractivity contribution in [2.24, 2.45) is 11.8 Å². The average molecular weight is 284 g/mol. The molecule has 0 radical (unpaired) electrons. The summed E-state index contributed by atoms with van der Waals surface area (Å²) < 4.78 is 5.70. The molecule has 1 saturated heterocycles. The van der Waals surface area contributed by atoms with Gasteiger partial charge >= 0.3 is 6.03 Å².